The third kappa shape index (κ3) is 66.2. The summed E-state index contributed by atoms with van der Waals surface area (Å²) in [6.07, 6.45) is 96.6. The zero-order chi connectivity index (χ0) is 58.5. The monoisotopic (exact) mass is 1120 g/mol. The Kier molecular flexibility index (Phi) is 64.3. The summed E-state index contributed by atoms with van der Waals surface area (Å²) in [7, 11) is 0. The summed E-state index contributed by atoms with van der Waals surface area (Å²) in [5, 5.41) is 0. The number of ether oxygens (including phenoxy) is 3. The van der Waals surface area contributed by atoms with Gasteiger partial charge in [-0.25, -0.2) is 0 Å². The quantitative estimate of drug-likeness (QED) is 0.0261. The van der Waals surface area contributed by atoms with Crippen LogP contribution < -0.4 is 0 Å². The van der Waals surface area contributed by atoms with Gasteiger partial charge in [-0.15, -0.1) is 0 Å². The molecule has 0 aromatic rings. The smallest absolute Gasteiger partial charge is 0.310 e. The van der Waals surface area contributed by atoms with Crippen LogP contribution in [0.5, 0.6) is 0 Å². The minimum atomic E-state index is -0.838. The zero-order valence-corrected chi connectivity index (χ0v) is 52.8. The van der Waals surface area contributed by atoms with Gasteiger partial charge in [0, 0.05) is 12.8 Å². The van der Waals surface area contributed by atoms with Crippen LogP contribution in [0.25, 0.3) is 0 Å². The van der Waals surface area contributed by atoms with Crippen molar-refractivity contribution in [3.05, 3.63) is 134 Å². The van der Waals surface area contributed by atoms with E-state index in [1.807, 2.05) is 6.08 Å². The van der Waals surface area contributed by atoms with E-state index in [0.29, 0.717) is 12.8 Å². The summed E-state index contributed by atoms with van der Waals surface area (Å²) < 4.78 is 16.8. The molecule has 0 rings (SSSR count). The molecule has 0 aromatic heterocycles. The Balaban J connectivity index is 4.18. The number of allylic oxidation sites excluding steroid dienone is 21. The van der Waals surface area contributed by atoms with Crippen LogP contribution in [0.15, 0.2) is 134 Å². The molecule has 0 aromatic carbocycles. The Labute approximate surface area is 500 Å². The Morgan fingerprint density at radius 1 is 0.272 bits per heavy atom. The fourth-order valence-corrected chi connectivity index (χ4v) is 9.19. The van der Waals surface area contributed by atoms with Gasteiger partial charge in [-0.2, -0.15) is 0 Å². The zero-order valence-electron chi connectivity index (χ0n) is 52.8. The lowest BCUT2D eigenvalue weighted by Gasteiger charge is -2.18. The molecule has 81 heavy (non-hydrogen) atoms. The van der Waals surface area contributed by atoms with Crippen LogP contribution in [-0.4, -0.2) is 37.2 Å². The predicted octanol–water partition coefficient (Wildman–Crippen LogP) is 23.3. The standard InChI is InChI=1S/C75H124O6/c1-4-7-10-13-16-19-22-25-27-28-29-30-31-32-33-34-35-36-37-38-39-40-41-42-43-44-45-46-48-50-53-56-59-62-65-68-74(77)80-71-72(70-79-73(76)67-64-61-58-55-52-49-24-21-18-15-12-9-6-3)81-75(78)69-66-63-60-57-54-51-47-26-23-20-17-14-11-8-5-2/h7-8,10-11,16-17,19-21,24-27,29-30,32-33,47,54,57,63,66,72H,4-6,9,12-15,18,22-23,28,31,34-46,48-53,55-56,58-62,64-65,67-71H2,1-3H3/b10-7-,11-8-,19-16-,20-17-,24-21-,27-25-,30-29-,33-32-,47-26-,57-54-,66-63-. The van der Waals surface area contributed by atoms with E-state index in [9.17, 15) is 14.4 Å². The van der Waals surface area contributed by atoms with Crippen LogP contribution in [0.3, 0.4) is 0 Å². The van der Waals surface area contributed by atoms with E-state index in [1.165, 1.54) is 148 Å². The van der Waals surface area contributed by atoms with Crippen LogP contribution in [-0.2, 0) is 28.6 Å². The van der Waals surface area contributed by atoms with Crippen molar-refractivity contribution < 1.29 is 28.6 Å². The van der Waals surface area contributed by atoms with E-state index >= 15 is 0 Å². The number of carbonyl (C=O) groups is 3. The highest BCUT2D eigenvalue weighted by Gasteiger charge is 2.19. The Morgan fingerprint density at radius 2 is 0.519 bits per heavy atom. The molecule has 0 fully saturated rings. The van der Waals surface area contributed by atoms with E-state index < -0.39 is 12.1 Å². The van der Waals surface area contributed by atoms with Crippen molar-refractivity contribution in [2.24, 2.45) is 0 Å². The maximum absolute atomic E-state index is 12.8. The SMILES string of the molecule is CC/C=C\C/C=C\C/C=C\C/C=C\C/C=C\CCCCCCCCCCCCCCCCCCCCCC(=O)OCC(COC(=O)CCCCCCC/C=C\CCCCCC)OC(=O)C/C=C\C/C=C\C/C=C\C/C=C\C/C=C\CC. The molecule has 0 heterocycles. The molecule has 0 N–H and O–H groups in total. The van der Waals surface area contributed by atoms with Gasteiger partial charge in [0.15, 0.2) is 6.10 Å². The van der Waals surface area contributed by atoms with Crippen LogP contribution in [0.2, 0.25) is 0 Å². The average molecular weight is 1120 g/mol. The Bertz CT molecular complexity index is 1720. The second-order valence-corrected chi connectivity index (χ2v) is 22.0. The molecular weight excluding hydrogens is 997 g/mol. The van der Waals surface area contributed by atoms with Crippen molar-refractivity contribution in [3.63, 3.8) is 0 Å². The molecule has 1 unspecified atom stereocenters. The predicted molar refractivity (Wildman–Crippen MR) is 353 cm³/mol. The van der Waals surface area contributed by atoms with Crippen molar-refractivity contribution in [1.29, 1.82) is 0 Å². The fraction of sp³-hybridized carbons (Fsp3) is 0.667. The number of esters is 3. The minimum absolute atomic E-state index is 0.0935. The second-order valence-electron chi connectivity index (χ2n) is 22.0. The average Bonchev–Trinajstić information content (AvgIpc) is 3.46. The number of hydrogen-bond acceptors (Lipinski definition) is 6. The van der Waals surface area contributed by atoms with Crippen molar-refractivity contribution in [1.82, 2.24) is 0 Å². The van der Waals surface area contributed by atoms with Gasteiger partial charge < -0.3 is 14.2 Å². The van der Waals surface area contributed by atoms with Gasteiger partial charge in [-0.3, -0.25) is 14.4 Å². The third-order valence-corrected chi connectivity index (χ3v) is 14.2. The maximum Gasteiger partial charge on any atom is 0.310 e. The molecule has 0 amide bonds. The molecule has 0 bridgehead atoms. The maximum atomic E-state index is 12.8. The summed E-state index contributed by atoms with van der Waals surface area (Å²) >= 11 is 0. The molecule has 460 valence electrons. The normalized spacial score (nSPS) is 13.0. The van der Waals surface area contributed by atoms with Gasteiger partial charge in [0.05, 0.1) is 6.42 Å². The van der Waals surface area contributed by atoms with Gasteiger partial charge in [0.25, 0.3) is 0 Å². The van der Waals surface area contributed by atoms with Crippen molar-refractivity contribution in [2.75, 3.05) is 13.2 Å². The lowest BCUT2D eigenvalue weighted by Crippen LogP contribution is -2.30. The summed E-state index contributed by atoms with van der Waals surface area (Å²) in [6, 6.07) is 0. The third-order valence-electron chi connectivity index (χ3n) is 14.2. The summed E-state index contributed by atoms with van der Waals surface area (Å²) in [6.45, 7) is 6.32. The van der Waals surface area contributed by atoms with Gasteiger partial charge in [-0.1, -0.05) is 302 Å². The van der Waals surface area contributed by atoms with E-state index in [0.717, 1.165) is 116 Å². The second kappa shape index (κ2) is 68.1. The van der Waals surface area contributed by atoms with E-state index in [2.05, 4.69) is 142 Å². The fourth-order valence-electron chi connectivity index (χ4n) is 9.19. The van der Waals surface area contributed by atoms with Crippen LogP contribution >= 0.6 is 0 Å². The molecule has 6 heteroatoms. The molecular formula is C75H124O6. The highest BCUT2D eigenvalue weighted by molar-refractivity contribution is 5.72. The lowest BCUT2D eigenvalue weighted by atomic mass is 10.0. The number of hydrogen-bond donors (Lipinski definition) is 0. The van der Waals surface area contributed by atoms with Crippen molar-refractivity contribution in [3.8, 4) is 0 Å². The molecule has 0 radical (unpaired) electrons. The lowest BCUT2D eigenvalue weighted by molar-refractivity contribution is -0.166. The van der Waals surface area contributed by atoms with Gasteiger partial charge in [0.2, 0.25) is 0 Å². The Hall–Kier alpha value is -4.45. The first-order chi connectivity index (χ1) is 40.0. The summed E-state index contributed by atoms with van der Waals surface area (Å²) in [4.78, 5) is 38.2. The van der Waals surface area contributed by atoms with Gasteiger partial charge in [-0.05, 0) is 116 Å². The highest BCUT2D eigenvalue weighted by Crippen LogP contribution is 2.16. The molecule has 0 aliphatic rings. The van der Waals surface area contributed by atoms with Gasteiger partial charge in [0.1, 0.15) is 13.2 Å². The summed E-state index contributed by atoms with van der Waals surface area (Å²) in [5.41, 5.74) is 0. The molecule has 0 saturated heterocycles. The van der Waals surface area contributed by atoms with E-state index in [-0.39, 0.29) is 31.6 Å². The van der Waals surface area contributed by atoms with Crippen molar-refractivity contribution in [2.45, 2.75) is 309 Å². The molecule has 0 aliphatic heterocycles. The van der Waals surface area contributed by atoms with Crippen LogP contribution in [0, 0.1) is 0 Å². The number of carbonyl (C=O) groups excluding carboxylic acids is 3. The first-order valence-electron chi connectivity index (χ1n) is 33.7. The largest absolute Gasteiger partial charge is 0.462 e. The van der Waals surface area contributed by atoms with Crippen LogP contribution in [0.4, 0.5) is 0 Å². The minimum Gasteiger partial charge on any atom is -0.462 e. The summed E-state index contributed by atoms with van der Waals surface area (Å²) in [5.74, 6) is -1.05. The first kappa shape index (κ1) is 76.5. The molecule has 6 nitrogen and oxygen atoms in total. The highest BCUT2D eigenvalue weighted by atomic mass is 16.6. The number of rotatable bonds is 60. The van der Waals surface area contributed by atoms with Crippen LogP contribution in [0.1, 0.15) is 303 Å². The van der Waals surface area contributed by atoms with E-state index in [4.69, 9.17) is 14.2 Å². The molecule has 0 saturated carbocycles. The molecule has 0 spiro atoms. The van der Waals surface area contributed by atoms with Crippen molar-refractivity contribution >= 4 is 17.9 Å². The van der Waals surface area contributed by atoms with E-state index in [1.54, 1.807) is 6.08 Å². The molecule has 1 atom stereocenters. The molecule has 0 aliphatic carbocycles. The topological polar surface area (TPSA) is 78.9 Å². The van der Waals surface area contributed by atoms with Gasteiger partial charge >= 0.3 is 17.9 Å². The Morgan fingerprint density at radius 3 is 0.827 bits per heavy atom. The first-order valence-corrected chi connectivity index (χ1v) is 33.7. The number of unbranched alkanes of at least 4 members (excludes halogenated alkanes) is 28.